The molecule has 0 N–H and O–H groups in total. The third-order valence-corrected chi connectivity index (χ3v) is 4.69. The maximum absolute atomic E-state index is 3.81. The third kappa shape index (κ3) is 4.46. The summed E-state index contributed by atoms with van der Waals surface area (Å²) in [4.78, 5) is 0.503. The summed E-state index contributed by atoms with van der Waals surface area (Å²) in [6, 6.07) is 9.13. The maximum atomic E-state index is 3.81. The zero-order valence-corrected chi connectivity index (χ0v) is 13.1. The van der Waals surface area contributed by atoms with Crippen molar-refractivity contribution in [2.45, 2.75) is 57.7 Å². The lowest BCUT2D eigenvalue weighted by molar-refractivity contribution is 0.514. The highest BCUT2D eigenvalue weighted by molar-refractivity contribution is 9.09. The second-order valence-corrected chi connectivity index (χ2v) is 6.30. The molecule has 0 aliphatic rings. The first-order valence-corrected chi connectivity index (χ1v) is 7.73. The summed E-state index contributed by atoms with van der Waals surface area (Å²) >= 11 is 3.81. The van der Waals surface area contributed by atoms with Crippen LogP contribution in [0.1, 0.15) is 68.8 Å². The zero-order chi connectivity index (χ0) is 12.8. The average molecular weight is 297 g/mol. The van der Waals surface area contributed by atoms with E-state index in [0.717, 1.165) is 5.92 Å². The van der Waals surface area contributed by atoms with Gasteiger partial charge in [0.15, 0.2) is 0 Å². The van der Waals surface area contributed by atoms with Gasteiger partial charge in [0, 0.05) is 4.83 Å². The minimum absolute atomic E-state index is 0.503. The molecule has 0 bridgehead atoms. The van der Waals surface area contributed by atoms with Crippen molar-refractivity contribution in [3.8, 4) is 0 Å². The Morgan fingerprint density at radius 1 is 0.941 bits per heavy atom. The van der Waals surface area contributed by atoms with Crippen LogP contribution in [0.5, 0.6) is 0 Å². The highest BCUT2D eigenvalue weighted by atomic mass is 79.9. The molecule has 0 saturated carbocycles. The molecule has 96 valence electrons. The van der Waals surface area contributed by atoms with Crippen molar-refractivity contribution in [1.82, 2.24) is 0 Å². The highest BCUT2D eigenvalue weighted by Crippen LogP contribution is 2.31. The molecule has 0 spiro atoms. The fourth-order valence-corrected chi connectivity index (χ4v) is 2.87. The van der Waals surface area contributed by atoms with Gasteiger partial charge in [-0.3, -0.25) is 0 Å². The van der Waals surface area contributed by atoms with Crippen LogP contribution in [-0.2, 0) is 0 Å². The number of benzene rings is 1. The first kappa shape index (κ1) is 14.8. The molecule has 0 fully saturated rings. The van der Waals surface area contributed by atoms with Crippen LogP contribution in [0, 0.1) is 5.92 Å². The van der Waals surface area contributed by atoms with E-state index < -0.39 is 0 Å². The van der Waals surface area contributed by atoms with Crippen LogP contribution in [0.15, 0.2) is 24.3 Å². The van der Waals surface area contributed by atoms with Crippen molar-refractivity contribution in [2.24, 2.45) is 5.92 Å². The number of halogens is 1. The zero-order valence-electron chi connectivity index (χ0n) is 11.5. The Balaban J connectivity index is 2.66. The molecule has 0 heterocycles. The lowest BCUT2D eigenvalue weighted by Gasteiger charge is -2.16. The minimum Gasteiger partial charge on any atom is -0.0839 e. The Morgan fingerprint density at radius 2 is 1.47 bits per heavy atom. The van der Waals surface area contributed by atoms with Gasteiger partial charge >= 0.3 is 0 Å². The summed E-state index contributed by atoms with van der Waals surface area (Å²) in [6.07, 6.45) is 3.69. The SMILES string of the molecule is CCC(C)CC(Br)c1ccc(C(C)CC)cc1. The average Bonchev–Trinajstić information content (AvgIpc) is 2.37. The van der Waals surface area contributed by atoms with Crippen LogP contribution < -0.4 is 0 Å². The largest absolute Gasteiger partial charge is 0.0839 e. The summed E-state index contributed by atoms with van der Waals surface area (Å²) in [7, 11) is 0. The predicted octanol–water partition coefficient (Wildman–Crippen LogP) is 6.07. The molecule has 3 unspecified atom stereocenters. The van der Waals surface area contributed by atoms with E-state index in [9.17, 15) is 0 Å². The minimum atomic E-state index is 0.503. The molecule has 0 amide bonds. The van der Waals surface area contributed by atoms with Crippen molar-refractivity contribution in [3.05, 3.63) is 35.4 Å². The second-order valence-electron chi connectivity index (χ2n) is 5.19. The van der Waals surface area contributed by atoms with E-state index in [2.05, 4.69) is 67.9 Å². The molecule has 3 atom stereocenters. The van der Waals surface area contributed by atoms with Crippen LogP contribution in [-0.4, -0.2) is 0 Å². The second kappa shape index (κ2) is 7.20. The van der Waals surface area contributed by atoms with E-state index in [4.69, 9.17) is 0 Å². The van der Waals surface area contributed by atoms with Gasteiger partial charge in [-0.25, -0.2) is 0 Å². The van der Waals surface area contributed by atoms with Crippen molar-refractivity contribution >= 4 is 15.9 Å². The summed E-state index contributed by atoms with van der Waals surface area (Å²) < 4.78 is 0. The Bertz CT molecular complexity index is 315. The lowest BCUT2D eigenvalue weighted by atomic mass is 9.95. The van der Waals surface area contributed by atoms with Gasteiger partial charge in [0.2, 0.25) is 0 Å². The fourth-order valence-electron chi connectivity index (χ4n) is 1.93. The van der Waals surface area contributed by atoms with Crippen LogP contribution >= 0.6 is 15.9 Å². The molecular formula is C16H25Br. The van der Waals surface area contributed by atoms with Gasteiger partial charge in [0.1, 0.15) is 0 Å². The van der Waals surface area contributed by atoms with Crippen LogP contribution in [0.3, 0.4) is 0 Å². The van der Waals surface area contributed by atoms with Gasteiger partial charge in [-0.1, -0.05) is 74.3 Å². The lowest BCUT2D eigenvalue weighted by Crippen LogP contribution is -1.99. The number of hydrogen-bond acceptors (Lipinski definition) is 0. The Morgan fingerprint density at radius 3 is 1.94 bits per heavy atom. The van der Waals surface area contributed by atoms with Gasteiger partial charge in [-0.2, -0.15) is 0 Å². The standard InChI is InChI=1S/C16H25Br/c1-5-12(3)11-16(17)15-9-7-14(8-10-15)13(4)6-2/h7-10,12-13,16H,5-6,11H2,1-4H3. The molecule has 1 aromatic carbocycles. The van der Waals surface area contributed by atoms with Crippen LogP contribution in [0.4, 0.5) is 0 Å². The van der Waals surface area contributed by atoms with E-state index in [0.29, 0.717) is 10.7 Å². The molecule has 0 aromatic heterocycles. The molecule has 0 radical (unpaired) electrons. The van der Waals surface area contributed by atoms with Crippen molar-refractivity contribution in [2.75, 3.05) is 0 Å². The van der Waals surface area contributed by atoms with Gasteiger partial charge in [-0.15, -0.1) is 0 Å². The molecule has 1 heteroatoms. The van der Waals surface area contributed by atoms with E-state index in [-0.39, 0.29) is 0 Å². The highest BCUT2D eigenvalue weighted by Gasteiger charge is 2.11. The number of rotatable bonds is 6. The molecule has 0 nitrogen and oxygen atoms in total. The first-order chi connectivity index (χ1) is 8.08. The maximum Gasteiger partial charge on any atom is 0.0397 e. The molecule has 1 rings (SSSR count). The summed E-state index contributed by atoms with van der Waals surface area (Å²) in [6.45, 7) is 9.12. The summed E-state index contributed by atoms with van der Waals surface area (Å²) in [5, 5.41) is 0. The molecule has 0 aliphatic heterocycles. The van der Waals surface area contributed by atoms with E-state index in [1.807, 2.05) is 0 Å². The molecule has 1 aromatic rings. The summed E-state index contributed by atoms with van der Waals surface area (Å²) in [5.74, 6) is 1.46. The normalized spacial score (nSPS) is 16.5. The Hall–Kier alpha value is -0.300. The fraction of sp³-hybridized carbons (Fsp3) is 0.625. The quantitative estimate of drug-likeness (QED) is 0.559. The Labute approximate surface area is 115 Å². The summed E-state index contributed by atoms with van der Waals surface area (Å²) in [5.41, 5.74) is 2.87. The molecular weight excluding hydrogens is 272 g/mol. The smallest absolute Gasteiger partial charge is 0.0397 e. The predicted molar refractivity (Wildman–Crippen MR) is 80.9 cm³/mol. The van der Waals surface area contributed by atoms with E-state index in [1.165, 1.54) is 30.4 Å². The number of hydrogen-bond donors (Lipinski definition) is 0. The van der Waals surface area contributed by atoms with E-state index in [1.54, 1.807) is 0 Å². The Kier molecular flexibility index (Phi) is 6.26. The van der Waals surface area contributed by atoms with E-state index >= 15 is 0 Å². The van der Waals surface area contributed by atoms with Gasteiger partial charge in [-0.05, 0) is 35.8 Å². The van der Waals surface area contributed by atoms with Gasteiger partial charge < -0.3 is 0 Å². The first-order valence-electron chi connectivity index (χ1n) is 6.82. The van der Waals surface area contributed by atoms with Gasteiger partial charge in [0.05, 0.1) is 0 Å². The van der Waals surface area contributed by atoms with Gasteiger partial charge in [0.25, 0.3) is 0 Å². The van der Waals surface area contributed by atoms with Crippen LogP contribution in [0.25, 0.3) is 0 Å². The topological polar surface area (TPSA) is 0 Å². The molecule has 0 saturated heterocycles. The van der Waals surface area contributed by atoms with Crippen molar-refractivity contribution in [1.29, 1.82) is 0 Å². The molecule has 17 heavy (non-hydrogen) atoms. The monoisotopic (exact) mass is 296 g/mol. The number of alkyl halides is 1. The van der Waals surface area contributed by atoms with Crippen molar-refractivity contribution in [3.63, 3.8) is 0 Å². The van der Waals surface area contributed by atoms with Crippen LogP contribution in [0.2, 0.25) is 0 Å². The third-order valence-electron chi connectivity index (χ3n) is 3.79. The van der Waals surface area contributed by atoms with Crippen molar-refractivity contribution < 1.29 is 0 Å². The molecule has 0 aliphatic carbocycles.